The van der Waals surface area contributed by atoms with Gasteiger partial charge in [0.15, 0.2) is 0 Å². The minimum atomic E-state index is 0.797. The van der Waals surface area contributed by atoms with Gasteiger partial charge in [-0.05, 0) is 53.0 Å². The molecule has 1 N–H and O–H groups in total. The molecule has 2 heterocycles. The van der Waals surface area contributed by atoms with Crippen molar-refractivity contribution >= 4 is 26.9 Å². The SMILES string of the molecule is Cc1oc2c(Br)cc(Cc3ncc[nH]3)cc2c1C. The van der Waals surface area contributed by atoms with Crippen molar-refractivity contribution in [3.05, 3.63) is 51.7 Å². The summed E-state index contributed by atoms with van der Waals surface area (Å²) in [6.45, 7) is 4.08. The Bertz CT molecular complexity index is 698. The number of rotatable bonds is 2. The van der Waals surface area contributed by atoms with Gasteiger partial charge in [0.1, 0.15) is 17.2 Å². The molecule has 0 radical (unpaired) electrons. The number of nitrogens with one attached hydrogen (secondary N) is 1. The number of hydrogen-bond acceptors (Lipinski definition) is 2. The van der Waals surface area contributed by atoms with Crippen LogP contribution in [0.3, 0.4) is 0 Å². The van der Waals surface area contributed by atoms with Crippen molar-refractivity contribution in [2.24, 2.45) is 0 Å². The average molecular weight is 305 g/mol. The molecule has 92 valence electrons. The van der Waals surface area contributed by atoms with Gasteiger partial charge < -0.3 is 9.40 Å². The molecular formula is C14H13BrN2O. The first-order valence-electron chi connectivity index (χ1n) is 5.81. The van der Waals surface area contributed by atoms with E-state index in [2.05, 4.69) is 45.0 Å². The van der Waals surface area contributed by atoms with E-state index in [1.165, 1.54) is 16.5 Å². The number of aryl methyl sites for hydroxylation is 2. The summed E-state index contributed by atoms with van der Waals surface area (Å²) >= 11 is 3.57. The van der Waals surface area contributed by atoms with E-state index in [1.807, 2.05) is 13.1 Å². The molecular weight excluding hydrogens is 292 g/mol. The van der Waals surface area contributed by atoms with Crippen LogP contribution in [0, 0.1) is 13.8 Å². The molecule has 0 bridgehead atoms. The van der Waals surface area contributed by atoms with Crippen LogP contribution < -0.4 is 0 Å². The van der Waals surface area contributed by atoms with Crippen molar-refractivity contribution in [2.45, 2.75) is 20.3 Å². The summed E-state index contributed by atoms with van der Waals surface area (Å²) in [6, 6.07) is 4.27. The Morgan fingerprint density at radius 2 is 2.17 bits per heavy atom. The first kappa shape index (κ1) is 11.5. The van der Waals surface area contributed by atoms with E-state index in [4.69, 9.17) is 4.42 Å². The molecule has 2 aromatic heterocycles. The molecule has 3 aromatic rings. The second kappa shape index (κ2) is 4.28. The number of benzene rings is 1. The van der Waals surface area contributed by atoms with Gasteiger partial charge in [0.05, 0.1) is 4.47 Å². The van der Waals surface area contributed by atoms with Crippen molar-refractivity contribution in [2.75, 3.05) is 0 Å². The fraction of sp³-hybridized carbons (Fsp3) is 0.214. The highest BCUT2D eigenvalue weighted by Crippen LogP contribution is 2.32. The van der Waals surface area contributed by atoms with Gasteiger partial charge in [-0.1, -0.05) is 0 Å². The Hall–Kier alpha value is -1.55. The Labute approximate surface area is 113 Å². The lowest BCUT2D eigenvalue weighted by Crippen LogP contribution is -1.91. The molecule has 0 aliphatic rings. The second-order valence-corrected chi connectivity index (χ2v) is 5.30. The predicted molar refractivity (Wildman–Crippen MR) is 74.8 cm³/mol. The van der Waals surface area contributed by atoms with E-state index in [-0.39, 0.29) is 0 Å². The van der Waals surface area contributed by atoms with Crippen molar-refractivity contribution in [3.63, 3.8) is 0 Å². The van der Waals surface area contributed by atoms with Gasteiger partial charge in [0.2, 0.25) is 0 Å². The first-order chi connectivity index (χ1) is 8.65. The number of aromatic nitrogens is 2. The summed E-state index contributed by atoms with van der Waals surface area (Å²) in [5.41, 5.74) is 3.34. The number of H-pyrrole nitrogens is 1. The fourth-order valence-corrected chi connectivity index (χ4v) is 2.73. The maximum Gasteiger partial charge on any atom is 0.148 e. The van der Waals surface area contributed by atoms with Crippen LogP contribution in [0.4, 0.5) is 0 Å². The largest absolute Gasteiger partial charge is 0.460 e. The highest BCUT2D eigenvalue weighted by Gasteiger charge is 2.12. The van der Waals surface area contributed by atoms with E-state index in [9.17, 15) is 0 Å². The topological polar surface area (TPSA) is 41.8 Å². The lowest BCUT2D eigenvalue weighted by Gasteiger charge is -2.01. The zero-order valence-electron chi connectivity index (χ0n) is 10.2. The number of aromatic amines is 1. The Balaban J connectivity index is 2.11. The van der Waals surface area contributed by atoms with Crippen LogP contribution in [0.15, 0.2) is 33.4 Å². The quantitative estimate of drug-likeness (QED) is 0.773. The van der Waals surface area contributed by atoms with Crippen LogP contribution in [-0.4, -0.2) is 9.97 Å². The van der Waals surface area contributed by atoms with E-state index < -0.39 is 0 Å². The molecule has 1 aromatic carbocycles. The highest BCUT2D eigenvalue weighted by molar-refractivity contribution is 9.10. The maximum absolute atomic E-state index is 5.75. The monoisotopic (exact) mass is 304 g/mol. The first-order valence-corrected chi connectivity index (χ1v) is 6.61. The van der Waals surface area contributed by atoms with Crippen molar-refractivity contribution in [3.8, 4) is 0 Å². The third-order valence-electron chi connectivity index (χ3n) is 3.22. The molecule has 0 unspecified atom stereocenters. The highest BCUT2D eigenvalue weighted by atomic mass is 79.9. The predicted octanol–water partition coefficient (Wildman–Crippen LogP) is 4.13. The molecule has 0 saturated carbocycles. The molecule has 0 amide bonds. The molecule has 0 spiro atoms. The lowest BCUT2D eigenvalue weighted by molar-refractivity contribution is 0.573. The van der Waals surface area contributed by atoms with Crippen LogP contribution in [-0.2, 0) is 6.42 Å². The summed E-state index contributed by atoms with van der Waals surface area (Å²) in [4.78, 5) is 7.38. The molecule has 3 rings (SSSR count). The number of halogens is 1. The van der Waals surface area contributed by atoms with Crippen LogP contribution in [0.5, 0.6) is 0 Å². The van der Waals surface area contributed by atoms with Gasteiger partial charge in [0.25, 0.3) is 0 Å². The third-order valence-corrected chi connectivity index (χ3v) is 3.81. The summed E-state index contributed by atoms with van der Waals surface area (Å²) in [7, 11) is 0. The van der Waals surface area contributed by atoms with Gasteiger partial charge in [-0.3, -0.25) is 0 Å². The molecule has 4 heteroatoms. The van der Waals surface area contributed by atoms with Gasteiger partial charge >= 0.3 is 0 Å². The van der Waals surface area contributed by atoms with Crippen LogP contribution in [0.2, 0.25) is 0 Å². The molecule has 18 heavy (non-hydrogen) atoms. The zero-order chi connectivity index (χ0) is 12.7. The number of furan rings is 1. The van der Waals surface area contributed by atoms with E-state index in [1.54, 1.807) is 6.20 Å². The molecule has 0 saturated heterocycles. The number of nitrogens with zero attached hydrogens (tertiary/aromatic N) is 1. The Morgan fingerprint density at radius 1 is 1.33 bits per heavy atom. The Morgan fingerprint density at radius 3 is 2.89 bits per heavy atom. The fourth-order valence-electron chi connectivity index (χ4n) is 2.14. The molecule has 3 nitrogen and oxygen atoms in total. The standard InChI is InChI=1S/C14H13BrN2O/c1-8-9(2)18-14-11(8)5-10(6-12(14)15)7-13-16-3-4-17-13/h3-6H,7H2,1-2H3,(H,16,17). The van der Waals surface area contributed by atoms with Gasteiger partial charge in [-0.25, -0.2) is 4.98 Å². The maximum atomic E-state index is 5.75. The van der Waals surface area contributed by atoms with Crippen molar-refractivity contribution in [1.29, 1.82) is 0 Å². The third kappa shape index (κ3) is 1.86. The summed E-state index contributed by atoms with van der Waals surface area (Å²) < 4.78 is 6.75. The van der Waals surface area contributed by atoms with Crippen LogP contribution >= 0.6 is 15.9 Å². The molecule has 0 aliphatic carbocycles. The average Bonchev–Trinajstić information content (AvgIpc) is 2.92. The number of hydrogen-bond donors (Lipinski definition) is 1. The molecule has 0 aliphatic heterocycles. The zero-order valence-corrected chi connectivity index (χ0v) is 11.8. The molecule has 0 atom stereocenters. The summed E-state index contributed by atoms with van der Waals surface area (Å²) in [5.74, 6) is 1.94. The van der Waals surface area contributed by atoms with Gasteiger partial charge in [-0.2, -0.15) is 0 Å². The minimum absolute atomic E-state index is 0.797. The number of fused-ring (bicyclic) bond motifs is 1. The van der Waals surface area contributed by atoms with Gasteiger partial charge in [-0.15, -0.1) is 0 Å². The summed E-state index contributed by atoms with van der Waals surface area (Å²) in [5, 5.41) is 1.17. The lowest BCUT2D eigenvalue weighted by atomic mass is 10.1. The minimum Gasteiger partial charge on any atom is -0.460 e. The van der Waals surface area contributed by atoms with Gasteiger partial charge in [0, 0.05) is 24.2 Å². The van der Waals surface area contributed by atoms with Crippen molar-refractivity contribution in [1.82, 2.24) is 9.97 Å². The van der Waals surface area contributed by atoms with Crippen molar-refractivity contribution < 1.29 is 4.42 Å². The van der Waals surface area contributed by atoms with Crippen LogP contribution in [0.1, 0.15) is 22.7 Å². The Kier molecular flexibility index (Phi) is 2.74. The van der Waals surface area contributed by atoms with E-state index >= 15 is 0 Å². The van der Waals surface area contributed by atoms with E-state index in [0.29, 0.717) is 0 Å². The normalized spacial score (nSPS) is 11.3. The second-order valence-electron chi connectivity index (χ2n) is 4.45. The van der Waals surface area contributed by atoms with E-state index in [0.717, 1.165) is 28.1 Å². The number of imidazole rings is 1. The smallest absolute Gasteiger partial charge is 0.148 e. The van der Waals surface area contributed by atoms with Crippen LogP contribution in [0.25, 0.3) is 11.0 Å². The molecule has 0 fully saturated rings. The summed E-state index contributed by atoms with van der Waals surface area (Å²) in [6.07, 6.45) is 4.41.